The zero-order chi connectivity index (χ0) is 19.3. The molecule has 0 aliphatic heterocycles. The van der Waals surface area contributed by atoms with Crippen LogP contribution in [0.1, 0.15) is 17.5 Å². The minimum Gasteiger partial charge on any atom is -0.347 e. The summed E-state index contributed by atoms with van der Waals surface area (Å²) in [5.74, 6) is 2.55. The highest BCUT2D eigenvalue weighted by Crippen LogP contribution is 1.94. The van der Waals surface area contributed by atoms with E-state index in [2.05, 4.69) is 49.8 Å². The summed E-state index contributed by atoms with van der Waals surface area (Å²) in [6.07, 6.45) is 16.2. The lowest BCUT2D eigenvalue weighted by molar-refractivity contribution is 0.414. The standard InChI is InChI=1S/C18H24N10/c1-2-23-16(22-1)13-19-7-10-28(11-8-20-14-17-24-3-4-25-17)12-9-21-15-18-26-5-6-27-18/h1-9H,10-15H2,(H,22,23)(H,24,25)(H,26,27). The number of rotatable bonds is 12. The summed E-state index contributed by atoms with van der Waals surface area (Å²) in [7, 11) is 0. The van der Waals surface area contributed by atoms with Gasteiger partial charge in [0.05, 0.1) is 19.6 Å². The van der Waals surface area contributed by atoms with E-state index in [4.69, 9.17) is 0 Å². The Hall–Kier alpha value is -3.40. The summed E-state index contributed by atoms with van der Waals surface area (Å²) >= 11 is 0. The number of aliphatic imine (C=N–C) groups is 3. The molecule has 3 N–H and O–H groups in total. The second-order valence-corrected chi connectivity index (χ2v) is 5.90. The molecule has 0 saturated heterocycles. The van der Waals surface area contributed by atoms with E-state index in [1.807, 2.05) is 18.6 Å². The summed E-state index contributed by atoms with van der Waals surface area (Å²) in [6, 6.07) is 0. The zero-order valence-corrected chi connectivity index (χ0v) is 15.6. The van der Waals surface area contributed by atoms with Crippen molar-refractivity contribution >= 4 is 18.6 Å². The van der Waals surface area contributed by atoms with Gasteiger partial charge >= 0.3 is 0 Å². The zero-order valence-electron chi connectivity index (χ0n) is 15.6. The first-order valence-electron chi connectivity index (χ1n) is 9.02. The molecule has 0 aliphatic carbocycles. The summed E-state index contributed by atoms with van der Waals surface area (Å²) in [5.41, 5.74) is 0. The molecule has 3 heterocycles. The highest BCUT2D eigenvalue weighted by molar-refractivity contribution is 5.66. The third-order valence-corrected chi connectivity index (χ3v) is 3.79. The van der Waals surface area contributed by atoms with Crippen LogP contribution in [0.4, 0.5) is 0 Å². The van der Waals surface area contributed by atoms with Gasteiger partial charge in [-0.15, -0.1) is 0 Å². The molecule has 10 heteroatoms. The number of aromatic nitrogens is 6. The van der Waals surface area contributed by atoms with Gasteiger partial charge in [-0.1, -0.05) is 0 Å². The predicted molar refractivity (Wildman–Crippen MR) is 109 cm³/mol. The van der Waals surface area contributed by atoms with Gasteiger partial charge in [0, 0.05) is 75.5 Å². The molecule has 0 bridgehead atoms. The Kier molecular flexibility index (Phi) is 7.84. The Bertz CT molecular complexity index is 717. The normalized spacial score (nSPS) is 12.3. The monoisotopic (exact) mass is 380 g/mol. The van der Waals surface area contributed by atoms with Crippen LogP contribution in [0.15, 0.2) is 52.2 Å². The fraction of sp³-hybridized carbons (Fsp3) is 0.333. The molecule has 0 spiro atoms. The second kappa shape index (κ2) is 11.3. The van der Waals surface area contributed by atoms with Gasteiger partial charge in [0.2, 0.25) is 0 Å². The quantitative estimate of drug-likeness (QED) is 0.409. The van der Waals surface area contributed by atoms with Gasteiger partial charge in [-0.05, 0) is 0 Å². The average Bonchev–Trinajstić information content (AvgIpc) is 3.48. The van der Waals surface area contributed by atoms with Crippen molar-refractivity contribution in [2.75, 3.05) is 19.6 Å². The Morgan fingerprint density at radius 2 is 1.00 bits per heavy atom. The molecule has 0 fully saturated rings. The molecule has 3 aromatic heterocycles. The van der Waals surface area contributed by atoms with Gasteiger partial charge in [-0.25, -0.2) is 15.0 Å². The van der Waals surface area contributed by atoms with Crippen LogP contribution in [-0.2, 0) is 19.6 Å². The lowest BCUT2D eigenvalue weighted by atomic mass is 10.4. The number of aromatic amines is 3. The van der Waals surface area contributed by atoms with Crippen LogP contribution in [0.25, 0.3) is 0 Å². The molecule has 3 rings (SSSR count). The largest absolute Gasteiger partial charge is 0.347 e. The molecule has 0 unspecified atom stereocenters. The number of nitrogens with zero attached hydrogens (tertiary/aromatic N) is 7. The Balaban J connectivity index is 1.45. The maximum Gasteiger partial charge on any atom is 0.127 e. The lowest BCUT2D eigenvalue weighted by Crippen LogP contribution is -2.29. The fourth-order valence-electron chi connectivity index (χ4n) is 2.35. The lowest BCUT2D eigenvalue weighted by Gasteiger charge is -2.15. The molecule has 0 aliphatic rings. The first kappa shape index (κ1) is 19.4. The van der Waals surface area contributed by atoms with E-state index in [1.165, 1.54) is 0 Å². The molecule has 0 amide bonds. The fourth-order valence-corrected chi connectivity index (χ4v) is 2.35. The number of nitrogens with one attached hydrogen (secondary N) is 3. The van der Waals surface area contributed by atoms with Crippen molar-refractivity contribution in [1.29, 1.82) is 0 Å². The van der Waals surface area contributed by atoms with E-state index >= 15 is 0 Å². The molecular formula is C18H24N10. The van der Waals surface area contributed by atoms with Crippen LogP contribution in [-0.4, -0.2) is 73.1 Å². The van der Waals surface area contributed by atoms with Crippen molar-refractivity contribution in [3.63, 3.8) is 0 Å². The highest BCUT2D eigenvalue weighted by Gasteiger charge is 2.00. The molecular weight excluding hydrogens is 356 g/mol. The molecule has 3 aromatic rings. The smallest absolute Gasteiger partial charge is 0.127 e. The Morgan fingerprint density at radius 3 is 1.29 bits per heavy atom. The second-order valence-electron chi connectivity index (χ2n) is 5.90. The molecule has 10 nitrogen and oxygen atoms in total. The minimum atomic E-state index is 0.542. The molecule has 0 aromatic carbocycles. The summed E-state index contributed by atoms with van der Waals surface area (Å²) in [4.78, 5) is 37.0. The first-order valence-corrected chi connectivity index (χ1v) is 9.02. The van der Waals surface area contributed by atoms with Crippen molar-refractivity contribution in [1.82, 2.24) is 34.8 Å². The van der Waals surface area contributed by atoms with E-state index in [1.54, 1.807) is 37.2 Å². The topological polar surface area (TPSA) is 126 Å². The SMILES string of the molecule is C(CN(CC=NCc1ncc[nH]1)CC=NCc1ncc[nH]1)=NCc1ncc[nH]1. The van der Waals surface area contributed by atoms with E-state index in [-0.39, 0.29) is 0 Å². The number of hydrogen-bond donors (Lipinski definition) is 3. The van der Waals surface area contributed by atoms with Crippen LogP contribution in [0.5, 0.6) is 0 Å². The molecule has 146 valence electrons. The van der Waals surface area contributed by atoms with Crippen molar-refractivity contribution in [3.05, 3.63) is 54.7 Å². The first-order chi connectivity index (χ1) is 13.9. The summed E-state index contributed by atoms with van der Waals surface area (Å²) in [5, 5.41) is 0. The van der Waals surface area contributed by atoms with Crippen molar-refractivity contribution in [2.45, 2.75) is 19.6 Å². The van der Waals surface area contributed by atoms with Gasteiger partial charge < -0.3 is 15.0 Å². The predicted octanol–water partition coefficient (Wildman–Crippen LogP) is 1.27. The Morgan fingerprint density at radius 1 is 0.643 bits per heavy atom. The van der Waals surface area contributed by atoms with E-state index in [0.717, 1.165) is 17.5 Å². The van der Waals surface area contributed by atoms with Gasteiger partial charge in [-0.3, -0.25) is 19.9 Å². The molecule has 0 saturated carbocycles. The maximum atomic E-state index is 4.41. The van der Waals surface area contributed by atoms with Crippen molar-refractivity contribution < 1.29 is 0 Å². The highest BCUT2D eigenvalue weighted by atomic mass is 15.1. The summed E-state index contributed by atoms with van der Waals surface area (Å²) < 4.78 is 0. The average molecular weight is 380 g/mol. The molecule has 0 atom stereocenters. The van der Waals surface area contributed by atoms with Gasteiger partial charge in [-0.2, -0.15) is 0 Å². The van der Waals surface area contributed by atoms with E-state index in [9.17, 15) is 0 Å². The third-order valence-electron chi connectivity index (χ3n) is 3.79. The van der Waals surface area contributed by atoms with Crippen LogP contribution in [0, 0.1) is 0 Å². The number of imidazole rings is 3. The van der Waals surface area contributed by atoms with Gasteiger partial charge in [0.15, 0.2) is 0 Å². The van der Waals surface area contributed by atoms with E-state index in [0.29, 0.717) is 39.3 Å². The van der Waals surface area contributed by atoms with Gasteiger partial charge in [0.1, 0.15) is 17.5 Å². The van der Waals surface area contributed by atoms with Crippen molar-refractivity contribution in [3.8, 4) is 0 Å². The maximum absolute atomic E-state index is 4.41. The Labute approximate surface area is 163 Å². The van der Waals surface area contributed by atoms with Crippen LogP contribution < -0.4 is 0 Å². The van der Waals surface area contributed by atoms with Gasteiger partial charge in [0.25, 0.3) is 0 Å². The van der Waals surface area contributed by atoms with Crippen LogP contribution in [0.2, 0.25) is 0 Å². The van der Waals surface area contributed by atoms with Crippen LogP contribution >= 0.6 is 0 Å². The minimum absolute atomic E-state index is 0.542. The van der Waals surface area contributed by atoms with E-state index < -0.39 is 0 Å². The van der Waals surface area contributed by atoms with Crippen LogP contribution in [0.3, 0.4) is 0 Å². The van der Waals surface area contributed by atoms with Crippen molar-refractivity contribution in [2.24, 2.45) is 15.0 Å². The molecule has 28 heavy (non-hydrogen) atoms. The molecule has 0 radical (unpaired) electrons. The summed E-state index contributed by atoms with van der Waals surface area (Å²) in [6.45, 7) is 3.71. The third kappa shape index (κ3) is 7.08. The number of H-pyrrole nitrogens is 3. The number of hydrogen-bond acceptors (Lipinski definition) is 7.